The minimum absolute atomic E-state index is 0.598. The molecule has 5 aromatic rings. The second-order valence-electron chi connectivity index (χ2n) is 7.81. The van der Waals surface area contributed by atoms with Gasteiger partial charge < -0.3 is 4.42 Å². The van der Waals surface area contributed by atoms with Crippen molar-refractivity contribution in [3.8, 4) is 28.5 Å². The molecular weight excluding hydrogens is 368 g/mol. The lowest BCUT2D eigenvalue weighted by Gasteiger charge is -2.07. The van der Waals surface area contributed by atoms with Crippen LogP contribution in [0.3, 0.4) is 0 Å². The third-order valence-corrected chi connectivity index (χ3v) is 5.75. The average Bonchev–Trinajstić information content (AvgIpc) is 3.13. The number of hydrogen-bond acceptors (Lipinski definition) is 2. The second kappa shape index (κ2) is 6.86. The summed E-state index contributed by atoms with van der Waals surface area (Å²) in [6.45, 7) is 4.18. The standard InChI is InChI=1S/C27H21N2O/c1-17-7-10-20(11-8-17)22-14-19(16-28)15-24-26(22)21-12-9-18(2)25(27(21)30-24)23-6-4-5-13-29(23)3/h4-15H,1-3H3/q+1. The van der Waals surface area contributed by atoms with Crippen LogP contribution in [0.25, 0.3) is 44.3 Å². The van der Waals surface area contributed by atoms with Crippen molar-refractivity contribution >= 4 is 21.9 Å². The number of furan rings is 1. The number of nitriles is 1. The van der Waals surface area contributed by atoms with Crippen molar-refractivity contribution in [3.05, 3.63) is 89.6 Å². The van der Waals surface area contributed by atoms with Crippen molar-refractivity contribution in [3.63, 3.8) is 0 Å². The fraction of sp³-hybridized carbons (Fsp3) is 0.111. The first kappa shape index (κ1) is 18.1. The molecule has 0 radical (unpaired) electrons. The predicted molar refractivity (Wildman–Crippen MR) is 120 cm³/mol. The Morgan fingerprint density at radius 1 is 0.933 bits per heavy atom. The number of aromatic nitrogens is 1. The summed E-state index contributed by atoms with van der Waals surface area (Å²) < 4.78 is 8.55. The molecule has 144 valence electrons. The number of fused-ring (bicyclic) bond motifs is 3. The number of nitrogens with zero attached hydrogens (tertiary/aromatic N) is 2. The zero-order chi connectivity index (χ0) is 20.8. The van der Waals surface area contributed by atoms with Crippen LogP contribution >= 0.6 is 0 Å². The van der Waals surface area contributed by atoms with Gasteiger partial charge in [0, 0.05) is 22.9 Å². The summed E-state index contributed by atoms with van der Waals surface area (Å²) in [5.74, 6) is 0. The van der Waals surface area contributed by atoms with Gasteiger partial charge in [0.05, 0.1) is 17.2 Å². The Bertz CT molecular complexity index is 1470. The van der Waals surface area contributed by atoms with Crippen LogP contribution in [0.15, 0.2) is 77.3 Å². The summed E-state index contributed by atoms with van der Waals surface area (Å²) in [6, 6.07) is 25.0. The SMILES string of the molecule is Cc1ccc(-c2cc(C#N)cc3oc4c(-c5cccc[n+]5C)c(C)ccc4c23)cc1. The monoisotopic (exact) mass is 389 g/mol. The molecule has 0 fully saturated rings. The van der Waals surface area contributed by atoms with E-state index in [9.17, 15) is 5.26 Å². The van der Waals surface area contributed by atoms with E-state index in [1.165, 1.54) is 5.56 Å². The van der Waals surface area contributed by atoms with Gasteiger partial charge in [0.2, 0.25) is 5.69 Å². The summed E-state index contributed by atoms with van der Waals surface area (Å²) in [5.41, 5.74) is 8.84. The van der Waals surface area contributed by atoms with E-state index < -0.39 is 0 Å². The summed E-state index contributed by atoms with van der Waals surface area (Å²) in [5, 5.41) is 11.7. The molecule has 0 aliphatic rings. The van der Waals surface area contributed by atoms with Crippen molar-refractivity contribution in [1.82, 2.24) is 0 Å². The van der Waals surface area contributed by atoms with Gasteiger partial charge in [-0.2, -0.15) is 5.26 Å². The molecule has 30 heavy (non-hydrogen) atoms. The zero-order valence-corrected chi connectivity index (χ0v) is 17.2. The van der Waals surface area contributed by atoms with E-state index >= 15 is 0 Å². The van der Waals surface area contributed by atoms with Gasteiger partial charge in [0.25, 0.3) is 0 Å². The molecule has 0 saturated carbocycles. The van der Waals surface area contributed by atoms with E-state index in [2.05, 4.69) is 66.9 Å². The van der Waals surface area contributed by atoms with Crippen LogP contribution in [-0.2, 0) is 7.05 Å². The number of aryl methyl sites for hydroxylation is 3. The van der Waals surface area contributed by atoms with E-state index in [0.29, 0.717) is 5.56 Å². The first-order valence-electron chi connectivity index (χ1n) is 9.99. The maximum atomic E-state index is 9.61. The van der Waals surface area contributed by atoms with E-state index in [1.807, 2.05) is 37.5 Å². The lowest BCUT2D eigenvalue weighted by Crippen LogP contribution is -2.30. The summed E-state index contributed by atoms with van der Waals surface area (Å²) in [4.78, 5) is 0. The molecule has 0 bridgehead atoms. The first-order valence-corrected chi connectivity index (χ1v) is 9.99. The van der Waals surface area contributed by atoms with Gasteiger partial charge in [0.15, 0.2) is 6.20 Å². The third kappa shape index (κ3) is 2.77. The Morgan fingerprint density at radius 3 is 2.47 bits per heavy atom. The average molecular weight is 389 g/mol. The Balaban J connectivity index is 1.92. The largest absolute Gasteiger partial charge is 0.455 e. The minimum Gasteiger partial charge on any atom is -0.455 e. The van der Waals surface area contributed by atoms with Gasteiger partial charge in [0.1, 0.15) is 18.2 Å². The lowest BCUT2D eigenvalue weighted by molar-refractivity contribution is -0.660. The normalized spacial score (nSPS) is 11.1. The van der Waals surface area contributed by atoms with Crippen LogP contribution in [0.4, 0.5) is 0 Å². The highest BCUT2D eigenvalue weighted by molar-refractivity contribution is 6.15. The summed E-state index contributed by atoms with van der Waals surface area (Å²) in [7, 11) is 2.04. The van der Waals surface area contributed by atoms with Crippen molar-refractivity contribution < 1.29 is 8.98 Å². The molecule has 0 aliphatic heterocycles. The van der Waals surface area contributed by atoms with E-state index in [-0.39, 0.29) is 0 Å². The van der Waals surface area contributed by atoms with Gasteiger partial charge in [-0.15, -0.1) is 0 Å². The highest BCUT2D eigenvalue weighted by atomic mass is 16.3. The highest BCUT2D eigenvalue weighted by Gasteiger charge is 2.22. The molecule has 2 aromatic heterocycles. The molecule has 3 aromatic carbocycles. The van der Waals surface area contributed by atoms with Crippen molar-refractivity contribution in [2.24, 2.45) is 7.05 Å². The number of pyridine rings is 1. The molecule has 0 aliphatic carbocycles. The number of hydrogen-bond donors (Lipinski definition) is 0. The fourth-order valence-electron chi connectivity index (χ4n) is 4.19. The Hall–Kier alpha value is -3.90. The summed E-state index contributed by atoms with van der Waals surface area (Å²) in [6.07, 6.45) is 2.04. The second-order valence-corrected chi connectivity index (χ2v) is 7.81. The van der Waals surface area contributed by atoms with Crippen LogP contribution < -0.4 is 4.57 Å². The van der Waals surface area contributed by atoms with Gasteiger partial charge in [-0.1, -0.05) is 42.0 Å². The zero-order valence-electron chi connectivity index (χ0n) is 17.2. The van der Waals surface area contributed by atoms with Crippen molar-refractivity contribution in [2.75, 3.05) is 0 Å². The minimum atomic E-state index is 0.598. The molecule has 3 heteroatoms. The molecule has 0 spiro atoms. The lowest BCUT2D eigenvalue weighted by atomic mass is 9.95. The first-order chi connectivity index (χ1) is 14.6. The van der Waals surface area contributed by atoms with Crippen molar-refractivity contribution in [2.45, 2.75) is 13.8 Å². The van der Waals surface area contributed by atoms with Gasteiger partial charge in [-0.05, 0) is 48.7 Å². The number of benzene rings is 3. The van der Waals surface area contributed by atoms with Crippen LogP contribution in [0.5, 0.6) is 0 Å². The molecule has 0 N–H and O–H groups in total. The van der Waals surface area contributed by atoms with Gasteiger partial charge in [-0.3, -0.25) is 0 Å². The van der Waals surface area contributed by atoms with Crippen LogP contribution in [0.1, 0.15) is 16.7 Å². The van der Waals surface area contributed by atoms with Crippen LogP contribution in [0.2, 0.25) is 0 Å². The Kier molecular flexibility index (Phi) is 4.15. The maximum Gasteiger partial charge on any atom is 0.216 e. The van der Waals surface area contributed by atoms with Crippen LogP contribution in [0, 0.1) is 25.2 Å². The van der Waals surface area contributed by atoms with Gasteiger partial charge >= 0.3 is 0 Å². The molecule has 0 saturated heterocycles. The maximum absolute atomic E-state index is 9.61. The van der Waals surface area contributed by atoms with E-state index in [1.54, 1.807) is 0 Å². The fourth-order valence-corrected chi connectivity index (χ4v) is 4.19. The quantitative estimate of drug-likeness (QED) is 0.336. The van der Waals surface area contributed by atoms with Crippen molar-refractivity contribution in [1.29, 1.82) is 5.26 Å². The molecule has 0 atom stereocenters. The molecule has 3 nitrogen and oxygen atoms in total. The third-order valence-electron chi connectivity index (χ3n) is 5.75. The molecular formula is C27H21N2O+. The summed E-state index contributed by atoms with van der Waals surface area (Å²) >= 11 is 0. The molecule has 0 amide bonds. The molecule has 5 rings (SSSR count). The topological polar surface area (TPSA) is 40.8 Å². The highest BCUT2D eigenvalue weighted by Crippen LogP contribution is 2.41. The van der Waals surface area contributed by atoms with Crippen LogP contribution in [-0.4, -0.2) is 0 Å². The Morgan fingerprint density at radius 2 is 1.73 bits per heavy atom. The smallest absolute Gasteiger partial charge is 0.216 e. The van der Waals surface area contributed by atoms with Gasteiger partial charge in [-0.25, -0.2) is 4.57 Å². The number of rotatable bonds is 2. The van der Waals surface area contributed by atoms with E-state index in [4.69, 9.17) is 4.42 Å². The van der Waals surface area contributed by atoms with E-state index in [0.717, 1.165) is 49.9 Å². The molecule has 2 heterocycles. The Labute approximate surface area is 175 Å². The molecule has 0 unspecified atom stereocenters. The predicted octanol–water partition coefficient (Wildman–Crippen LogP) is 6.23.